The number of piperidine rings is 1. The summed E-state index contributed by atoms with van der Waals surface area (Å²) in [4.78, 5) is 17.7. The molecule has 2 fully saturated rings. The fourth-order valence-electron chi connectivity index (χ4n) is 4.86. The number of rotatable bonds is 5. The molecule has 0 radical (unpaired) electrons. The van der Waals surface area contributed by atoms with Crippen molar-refractivity contribution in [3.63, 3.8) is 0 Å². The van der Waals surface area contributed by atoms with Crippen LogP contribution < -0.4 is 0 Å². The Labute approximate surface area is 173 Å². The van der Waals surface area contributed by atoms with Crippen LogP contribution in [0, 0.1) is 0 Å². The number of furan rings is 1. The van der Waals surface area contributed by atoms with Crippen molar-refractivity contribution < 1.29 is 13.9 Å². The van der Waals surface area contributed by atoms with Crippen LogP contribution in [0.1, 0.15) is 50.4 Å². The molecule has 29 heavy (non-hydrogen) atoms. The zero-order valence-corrected chi connectivity index (χ0v) is 17.5. The van der Waals surface area contributed by atoms with Crippen molar-refractivity contribution in [3.8, 4) is 0 Å². The van der Waals surface area contributed by atoms with Crippen molar-refractivity contribution >= 4 is 5.91 Å². The highest BCUT2D eigenvalue weighted by molar-refractivity contribution is 5.77. The Kier molecular flexibility index (Phi) is 6.36. The monoisotopic (exact) mass is 396 g/mol. The second kappa shape index (κ2) is 9.14. The third-order valence-electron chi connectivity index (χ3n) is 6.25. The smallest absolute Gasteiger partial charge is 0.223 e. The van der Waals surface area contributed by atoms with E-state index in [9.17, 15) is 4.79 Å². The average Bonchev–Trinajstić information content (AvgIpc) is 3.26. The van der Waals surface area contributed by atoms with Gasteiger partial charge in [0.25, 0.3) is 0 Å². The Morgan fingerprint density at radius 3 is 2.34 bits per heavy atom. The lowest BCUT2D eigenvalue weighted by molar-refractivity contribution is -0.134. The molecule has 0 bridgehead atoms. The van der Waals surface area contributed by atoms with Crippen molar-refractivity contribution in [2.75, 3.05) is 26.2 Å². The van der Waals surface area contributed by atoms with Crippen LogP contribution >= 0.6 is 0 Å². The van der Waals surface area contributed by atoms with Crippen LogP contribution in [-0.4, -0.2) is 60.1 Å². The van der Waals surface area contributed by atoms with Crippen molar-refractivity contribution in [1.29, 1.82) is 0 Å². The molecule has 1 aromatic heterocycles. The maximum absolute atomic E-state index is 13.1. The van der Waals surface area contributed by atoms with E-state index in [0.717, 1.165) is 50.3 Å². The highest BCUT2D eigenvalue weighted by atomic mass is 16.5. The molecular weight excluding hydrogens is 364 g/mol. The van der Waals surface area contributed by atoms with Gasteiger partial charge < -0.3 is 14.1 Å². The lowest BCUT2D eigenvalue weighted by atomic mass is 9.92. The zero-order valence-electron chi connectivity index (χ0n) is 17.5. The summed E-state index contributed by atoms with van der Waals surface area (Å²) in [5, 5.41) is 0. The minimum absolute atomic E-state index is 0.0302. The minimum atomic E-state index is -0.0302. The third kappa shape index (κ3) is 4.90. The van der Waals surface area contributed by atoms with Crippen LogP contribution in [0.15, 0.2) is 53.1 Å². The van der Waals surface area contributed by atoms with Gasteiger partial charge >= 0.3 is 0 Å². The SMILES string of the molecule is C[C@@H]1CN(C2CCN(C(=O)CC(c3ccccc3)c3ccco3)CC2)C[C@H](C)O1. The van der Waals surface area contributed by atoms with Gasteiger partial charge in [-0.3, -0.25) is 9.69 Å². The van der Waals surface area contributed by atoms with E-state index >= 15 is 0 Å². The molecule has 1 aromatic carbocycles. The van der Waals surface area contributed by atoms with Crippen LogP contribution in [0.25, 0.3) is 0 Å². The molecule has 2 aromatic rings. The van der Waals surface area contributed by atoms with Gasteiger partial charge in [0.2, 0.25) is 5.91 Å². The number of carbonyl (C=O) groups is 1. The molecule has 4 rings (SSSR count). The van der Waals surface area contributed by atoms with Crippen molar-refractivity contribution in [1.82, 2.24) is 9.80 Å². The van der Waals surface area contributed by atoms with Gasteiger partial charge in [0.05, 0.1) is 24.4 Å². The minimum Gasteiger partial charge on any atom is -0.469 e. The van der Waals surface area contributed by atoms with Gasteiger partial charge in [-0.15, -0.1) is 0 Å². The average molecular weight is 397 g/mol. The van der Waals surface area contributed by atoms with Gasteiger partial charge in [0, 0.05) is 38.6 Å². The first-order valence-corrected chi connectivity index (χ1v) is 10.9. The van der Waals surface area contributed by atoms with Crippen molar-refractivity contribution in [2.45, 2.75) is 57.3 Å². The third-order valence-corrected chi connectivity index (χ3v) is 6.25. The summed E-state index contributed by atoms with van der Waals surface area (Å²) < 4.78 is 11.5. The predicted octanol–water partition coefficient (Wildman–Crippen LogP) is 3.90. The molecule has 0 saturated carbocycles. The number of morpholine rings is 1. The van der Waals surface area contributed by atoms with E-state index in [-0.39, 0.29) is 11.8 Å². The number of benzene rings is 1. The molecule has 1 unspecified atom stereocenters. The Bertz CT molecular complexity index is 759. The number of likely N-dealkylation sites (tertiary alicyclic amines) is 1. The molecule has 0 aliphatic carbocycles. The Hall–Kier alpha value is -2.11. The quantitative estimate of drug-likeness (QED) is 0.769. The van der Waals surface area contributed by atoms with Crippen LogP contribution in [0.4, 0.5) is 0 Å². The lowest BCUT2D eigenvalue weighted by Crippen LogP contribution is -2.53. The number of ether oxygens (including phenoxy) is 1. The van der Waals surface area contributed by atoms with E-state index < -0.39 is 0 Å². The van der Waals surface area contributed by atoms with Crippen molar-refractivity contribution in [3.05, 3.63) is 60.1 Å². The Balaban J connectivity index is 1.36. The topological polar surface area (TPSA) is 45.9 Å². The summed E-state index contributed by atoms with van der Waals surface area (Å²) in [6.07, 6.45) is 4.81. The molecule has 2 aliphatic rings. The molecule has 156 valence electrons. The van der Waals surface area contributed by atoms with Gasteiger partial charge in [-0.05, 0) is 44.4 Å². The van der Waals surface area contributed by atoms with Crippen LogP contribution in [0.3, 0.4) is 0 Å². The first kappa shape index (κ1) is 20.2. The lowest BCUT2D eigenvalue weighted by Gasteiger charge is -2.43. The summed E-state index contributed by atoms with van der Waals surface area (Å²) in [5.74, 6) is 1.05. The second-order valence-electron chi connectivity index (χ2n) is 8.51. The fraction of sp³-hybridized carbons (Fsp3) is 0.542. The molecule has 5 heteroatoms. The summed E-state index contributed by atoms with van der Waals surface area (Å²) in [5.41, 5.74) is 1.13. The van der Waals surface area contributed by atoms with Crippen LogP contribution in [0.5, 0.6) is 0 Å². The number of carbonyl (C=O) groups excluding carboxylic acids is 1. The molecule has 5 nitrogen and oxygen atoms in total. The van der Waals surface area contributed by atoms with Crippen molar-refractivity contribution in [2.24, 2.45) is 0 Å². The maximum atomic E-state index is 13.1. The summed E-state index contributed by atoms with van der Waals surface area (Å²) >= 11 is 0. The molecule has 2 saturated heterocycles. The molecule has 1 amide bonds. The van der Waals surface area contributed by atoms with E-state index in [4.69, 9.17) is 9.15 Å². The van der Waals surface area contributed by atoms with Crippen LogP contribution in [0.2, 0.25) is 0 Å². The fourth-order valence-corrected chi connectivity index (χ4v) is 4.86. The van der Waals surface area contributed by atoms with Gasteiger partial charge in [0.15, 0.2) is 0 Å². The summed E-state index contributed by atoms with van der Waals surface area (Å²) in [6.45, 7) is 7.97. The van der Waals surface area contributed by atoms with Crippen LogP contribution in [-0.2, 0) is 9.53 Å². The van der Waals surface area contributed by atoms with E-state index in [1.165, 1.54) is 0 Å². The molecular formula is C24H32N2O3. The van der Waals surface area contributed by atoms with E-state index in [1.54, 1.807) is 6.26 Å². The molecule has 0 spiro atoms. The summed E-state index contributed by atoms with van der Waals surface area (Å²) in [6, 6.07) is 14.6. The molecule has 3 heterocycles. The number of amides is 1. The summed E-state index contributed by atoms with van der Waals surface area (Å²) in [7, 11) is 0. The highest BCUT2D eigenvalue weighted by Crippen LogP contribution is 2.30. The first-order valence-electron chi connectivity index (χ1n) is 10.9. The predicted molar refractivity (Wildman–Crippen MR) is 113 cm³/mol. The van der Waals surface area contributed by atoms with E-state index in [0.29, 0.717) is 24.7 Å². The first-order chi connectivity index (χ1) is 14.1. The Morgan fingerprint density at radius 1 is 1.03 bits per heavy atom. The van der Waals surface area contributed by atoms with Gasteiger partial charge in [0.1, 0.15) is 5.76 Å². The number of nitrogens with zero attached hydrogens (tertiary/aromatic N) is 2. The van der Waals surface area contributed by atoms with E-state index in [1.807, 2.05) is 35.2 Å². The number of hydrogen-bond donors (Lipinski definition) is 0. The zero-order chi connectivity index (χ0) is 20.2. The van der Waals surface area contributed by atoms with Gasteiger partial charge in [-0.2, -0.15) is 0 Å². The normalized spacial score (nSPS) is 25.1. The van der Waals surface area contributed by atoms with Gasteiger partial charge in [-0.25, -0.2) is 0 Å². The standard InChI is InChI=1S/C24H32N2O3/c1-18-16-26(17-19(2)29-18)21-10-12-25(13-11-21)24(27)15-22(23-9-6-14-28-23)20-7-4-3-5-8-20/h3-9,14,18-19,21-22H,10-13,15-17H2,1-2H3/t18-,19+,22?. The molecule has 2 aliphatic heterocycles. The Morgan fingerprint density at radius 2 is 1.72 bits per heavy atom. The second-order valence-corrected chi connectivity index (χ2v) is 8.51. The molecule has 3 atom stereocenters. The highest BCUT2D eigenvalue weighted by Gasteiger charge is 2.32. The molecule has 0 N–H and O–H groups in total. The van der Waals surface area contributed by atoms with E-state index in [2.05, 4.69) is 30.9 Å². The largest absolute Gasteiger partial charge is 0.469 e. The maximum Gasteiger partial charge on any atom is 0.223 e. The van der Waals surface area contributed by atoms with Gasteiger partial charge in [-0.1, -0.05) is 30.3 Å². The number of hydrogen-bond acceptors (Lipinski definition) is 4.